The zero-order chi connectivity index (χ0) is 22.8. The minimum Gasteiger partial charge on any atom is -0.494 e. The van der Waals surface area contributed by atoms with E-state index < -0.39 is 11.5 Å². The Morgan fingerprint density at radius 1 is 1.03 bits per heavy atom. The molecule has 1 amide bonds. The summed E-state index contributed by atoms with van der Waals surface area (Å²) in [6.45, 7) is 2.88. The summed E-state index contributed by atoms with van der Waals surface area (Å²) in [4.78, 5) is 30.1. The van der Waals surface area contributed by atoms with Gasteiger partial charge >= 0.3 is 5.63 Å². The number of rotatable bonds is 6. The highest BCUT2D eigenvalue weighted by Gasteiger charge is 2.18. The van der Waals surface area contributed by atoms with E-state index in [1.165, 1.54) is 6.07 Å². The van der Waals surface area contributed by atoms with Gasteiger partial charge in [0.15, 0.2) is 0 Å². The minimum absolute atomic E-state index is 0.211. The lowest BCUT2D eigenvalue weighted by atomic mass is 10.1. The van der Waals surface area contributed by atoms with Crippen LogP contribution in [0.3, 0.4) is 0 Å². The van der Waals surface area contributed by atoms with E-state index >= 15 is 0 Å². The molecule has 33 heavy (non-hydrogen) atoms. The van der Waals surface area contributed by atoms with Gasteiger partial charge in [-0.1, -0.05) is 42.5 Å². The lowest BCUT2D eigenvalue weighted by molar-refractivity contribution is 0.102. The predicted octanol–water partition coefficient (Wildman–Crippen LogP) is 4.84. The number of nitrogens with zero attached hydrogens (tertiary/aromatic N) is 2. The maximum absolute atomic E-state index is 13.3. The molecule has 0 saturated carbocycles. The van der Waals surface area contributed by atoms with Crippen molar-refractivity contribution in [3.8, 4) is 5.75 Å². The second kappa shape index (κ2) is 8.63. The van der Waals surface area contributed by atoms with Crippen molar-refractivity contribution < 1.29 is 13.9 Å². The molecule has 1 N–H and O–H groups in total. The van der Waals surface area contributed by atoms with Gasteiger partial charge in [0.2, 0.25) is 5.95 Å². The van der Waals surface area contributed by atoms with Crippen molar-refractivity contribution in [1.29, 1.82) is 0 Å². The van der Waals surface area contributed by atoms with Gasteiger partial charge in [0.25, 0.3) is 5.91 Å². The lowest BCUT2D eigenvalue weighted by Crippen LogP contribution is -2.18. The number of benzene rings is 3. The summed E-state index contributed by atoms with van der Waals surface area (Å²) in [5, 5.41) is 3.41. The van der Waals surface area contributed by atoms with Crippen molar-refractivity contribution in [2.24, 2.45) is 0 Å². The Morgan fingerprint density at radius 3 is 2.64 bits per heavy atom. The highest BCUT2D eigenvalue weighted by atomic mass is 16.5. The fourth-order valence-electron chi connectivity index (χ4n) is 3.85. The smallest absolute Gasteiger partial charge is 0.337 e. The number of amides is 1. The van der Waals surface area contributed by atoms with Gasteiger partial charge in [-0.15, -0.1) is 0 Å². The summed E-state index contributed by atoms with van der Waals surface area (Å²) in [7, 11) is 0. The molecule has 164 valence electrons. The highest BCUT2D eigenvalue weighted by molar-refractivity contribution is 6.11. The Hall–Kier alpha value is -4.39. The van der Waals surface area contributed by atoms with Gasteiger partial charge in [-0.3, -0.25) is 10.1 Å². The SMILES string of the molecule is CCOc1ccc2c(C(=O)Nc3nc4ccccc4n3Cc3ccccc3)cc(=O)oc2c1. The Kier molecular flexibility index (Phi) is 5.36. The third kappa shape index (κ3) is 4.08. The molecule has 7 heteroatoms. The van der Waals surface area contributed by atoms with Gasteiger partial charge in [0.1, 0.15) is 11.3 Å². The lowest BCUT2D eigenvalue weighted by Gasteiger charge is -2.11. The van der Waals surface area contributed by atoms with Crippen molar-refractivity contribution in [1.82, 2.24) is 9.55 Å². The molecule has 5 rings (SSSR count). The van der Waals surface area contributed by atoms with E-state index in [-0.39, 0.29) is 11.1 Å². The molecular weight excluding hydrogens is 418 g/mol. The number of nitrogens with one attached hydrogen (secondary N) is 1. The van der Waals surface area contributed by atoms with E-state index in [2.05, 4.69) is 10.3 Å². The first-order valence-corrected chi connectivity index (χ1v) is 10.6. The van der Waals surface area contributed by atoms with Crippen LogP contribution in [0.15, 0.2) is 88.1 Å². The second-order valence-corrected chi connectivity index (χ2v) is 7.52. The van der Waals surface area contributed by atoms with E-state index in [0.717, 1.165) is 16.6 Å². The maximum atomic E-state index is 13.3. The Balaban J connectivity index is 1.55. The third-order valence-corrected chi connectivity index (χ3v) is 5.34. The van der Waals surface area contributed by atoms with Crippen LogP contribution in [0.25, 0.3) is 22.0 Å². The molecule has 0 aliphatic heterocycles. The fraction of sp³-hybridized carbons (Fsp3) is 0.115. The summed E-state index contributed by atoms with van der Waals surface area (Å²) in [5.41, 5.74) is 2.63. The normalized spacial score (nSPS) is 11.1. The van der Waals surface area contributed by atoms with Crippen molar-refractivity contribution in [2.45, 2.75) is 13.5 Å². The number of hydrogen-bond acceptors (Lipinski definition) is 5. The molecule has 0 radical (unpaired) electrons. The van der Waals surface area contributed by atoms with Gasteiger partial charge in [-0.25, -0.2) is 9.78 Å². The largest absolute Gasteiger partial charge is 0.494 e. The molecule has 0 aliphatic carbocycles. The van der Waals surface area contributed by atoms with Gasteiger partial charge in [0.05, 0.1) is 29.7 Å². The molecule has 0 fully saturated rings. The van der Waals surface area contributed by atoms with E-state index in [1.54, 1.807) is 18.2 Å². The molecule has 2 aromatic heterocycles. The molecule has 7 nitrogen and oxygen atoms in total. The van der Waals surface area contributed by atoms with Crippen molar-refractivity contribution in [3.63, 3.8) is 0 Å². The summed E-state index contributed by atoms with van der Waals surface area (Å²) >= 11 is 0. The molecule has 0 bridgehead atoms. The molecule has 0 saturated heterocycles. The minimum atomic E-state index is -0.612. The first kappa shape index (κ1) is 20.5. The van der Waals surface area contributed by atoms with Crippen LogP contribution in [0.2, 0.25) is 0 Å². The summed E-state index contributed by atoms with van der Waals surface area (Å²) in [6.07, 6.45) is 0. The van der Waals surface area contributed by atoms with Gasteiger partial charge < -0.3 is 13.7 Å². The first-order valence-electron chi connectivity index (χ1n) is 10.6. The van der Waals surface area contributed by atoms with Crippen molar-refractivity contribution in [3.05, 3.63) is 100 Å². The fourth-order valence-corrected chi connectivity index (χ4v) is 3.85. The van der Waals surface area contributed by atoms with E-state index in [0.29, 0.717) is 30.2 Å². The van der Waals surface area contributed by atoms with E-state index in [1.807, 2.05) is 66.1 Å². The first-order chi connectivity index (χ1) is 16.1. The summed E-state index contributed by atoms with van der Waals surface area (Å²) in [5.74, 6) is 0.523. The molecule has 0 spiro atoms. The maximum Gasteiger partial charge on any atom is 0.337 e. The van der Waals surface area contributed by atoms with Crippen LogP contribution < -0.4 is 15.7 Å². The quantitative estimate of drug-likeness (QED) is 0.383. The van der Waals surface area contributed by atoms with Crippen LogP contribution >= 0.6 is 0 Å². The second-order valence-electron chi connectivity index (χ2n) is 7.52. The number of para-hydroxylation sites is 2. The molecular formula is C26H21N3O4. The highest BCUT2D eigenvalue weighted by Crippen LogP contribution is 2.25. The third-order valence-electron chi connectivity index (χ3n) is 5.34. The summed E-state index contributed by atoms with van der Waals surface area (Å²) < 4.78 is 12.7. The Bertz CT molecular complexity index is 1520. The molecule has 3 aromatic carbocycles. The number of hydrogen-bond donors (Lipinski definition) is 1. The molecule has 5 aromatic rings. The monoisotopic (exact) mass is 439 g/mol. The van der Waals surface area contributed by atoms with Gasteiger partial charge in [-0.2, -0.15) is 0 Å². The Labute approximate surface area is 189 Å². The Morgan fingerprint density at radius 2 is 1.82 bits per heavy atom. The molecule has 0 aliphatic rings. The number of anilines is 1. The molecule has 0 atom stereocenters. The number of carbonyl (C=O) groups excluding carboxylic acids is 1. The van der Waals surface area contributed by atoms with Crippen LogP contribution in [0.4, 0.5) is 5.95 Å². The average molecular weight is 439 g/mol. The van der Waals surface area contributed by atoms with Crippen LogP contribution in [0.5, 0.6) is 5.75 Å². The van der Waals surface area contributed by atoms with E-state index in [4.69, 9.17) is 9.15 Å². The van der Waals surface area contributed by atoms with Gasteiger partial charge in [0, 0.05) is 17.5 Å². The summed E-state index contributed by atoms with van der Waals surface area (Å²) in [6, 6.07) is 23.9. The number of carbonyl (C=O) groups is 1. The standard InChI is InChI=1S/C26H21N3O4/c1-2-32-18-12-13-19-20(15-24(30)33-23(19)14-18)25(31)28-26-27-21-10-6-7-11-22(21)29(26)16-17-8-4-3-5-9-17/h3-15H,2,16H2,1H3,(H,27,28,31). The zero-order valence-corrected chi connectivity index (χ0v) is 17.9. The molecule has 2 heterocycles. The van der Waals surface area contributed by atoms with Crippen LogP contribution in [0.1, 0.15) is 22.8 Å². The number of fused-ring (bicyclic) bond motifs is 2. The number of aromatic nitrogens is 2. The van der Waals surface area contributed by atoms with Crippen molar-refractivity contribution >= 4 is 33.9 Å². The molecule has 0 unspecified atom stereocenters. The average Bonchev–Trinajstić information content (AvgIpc) is 3.16. The van der Waals surface area contributed by atoms with Crippen LogP contribution in [-0.4, -0.2) is 22.1 Å². The van der Waals surface area contributed by atoms with Crippen LogP contribution in [-0.2, 0) is 6.54 Å². The zero-order valence-electron chi connectivity index (χ0n) is 17.9. The predicted molar refractivity (Wildman–Crippen MR) is 127 cm³/mol. The van der Waals surface area contributed by atoms with E-state index in [9.17, 15) is 9.59 Å². The van der Waals surface area contributed by atoms with Crippen molar-refractivity contribution in [2.75, 3.05) is 11.9 Å². The van der Waals surface area contributed by atoms with Crippen LogP contribution in [0, 0.1) is 0 Å². The topological polar surface area (TPSA) is 86.4 Å². The van der Waals surface area contributed by atoms with Gasteiger partial charge in [-0.05, 0) is 36.8 Å². The number of imidazole rings is 1. The number of ether oxygens (including phenoxy) is 1.